The zero-order valence-corrected chi connectivity index (χ0v) is 12.2. The summed E-state index contributed by atoms with van der Waals surface area (Å²) in [4.78, 5) is 16.7. The third-order valence-electron chi connectivity index (χ3n) is 4.33. The topological polar surface area (TPSA) is 42.0 Å². The summed E-state index contributed by atoms with van der Waals surface area (Å²) in [6.07, 6.45) is 1.81. The number of hydrogen-bond donors (Lipinski definition) is 0. The van der Waals surface area contributed by atoms with Crippen LogP contribution in [0.3, 0.4) is 0 Å². The lowest BCUT2D eigenvalue weighted by Crippen LogP contribution is -2.43. The van der Waals surface area contributed by atoms with Crippen LogP contribution in [-0.2, 0) is 14.3 Å². The lowest BCUT2D eigenvalue weighted by molar-refractivity contribution is -0.158. The summed E-state index contributed by atoms with van der Waals surface area (Å²) in [5.74, 6) is -0.0196. The van der Waals surface area contributed by atoms with E-state index in [-0.39, 0.29) is 11.4 Å². The molecule has 2 saturated heterocycles. The van der Waals surface area contributed by atoms with Crippen LogP contribution in [0.1, 0.15) is 19.8 Å². The molecule has 0 N–H and O–H groups in total. The smallest absolute Gasteiger partial charge is 0.311 e. The number of carbonyl (C=O) groups is 1. The molecule has 19 heavy (non-hydrogen) atoms. The second-order valence-corrected chi connectivity index (χ2v) is 5.95. The normalized spacial score (nSPS) is 25.2. The van der Waals surface area contributed by atoms with Gasteiger partial charge in [0, 0.05) is 19.6 Å². The molecule has 0 unspecified atom stereocenters. The largest absolute Gasteiger partial charge is 0.464 e. The summed E-state index contributed by atoms with van der Waals surface area (Å²) in [7, 11) is 2.10. The monoisotopic (exact) mass is 270 g/mol. The molecule has 2 heterocycles. The van der Waals surface area contributed by atoms with Crippen LogP contribution in [0.5, 0.6) is 0 Å². The van der Waals surface area contributed by atoms with Gasteiger partial charge in [-0.25, -0.2) is 0 Å². The Bertz CT molecular complexity index is 295. The molecule has 0 aromatic rings. The fourth-order valence-electron chi connectivity index (χ4n) is 2.58. The number of esters is 1. The molecule has 0 radical (unpaired) electrons. The zero-order chi connectivity index (χ0) is 13.7. The Hall–Kier alpha value is -0.650. The molecule has 0 aromatic carbocycles. The van der Waals surface area contributed by atoms with Crippen molar-refractivity contribution in [1.29, 1.82) is 0 Å². The first kappa shape index (κ1) is 14.8. The lowest BCUT2D eigenvalue weighted by Gasteiger charge is -2.36. The standard InChI is InChI=1S/C14H26N2O3/c1-14(3-5-15(2)6-4-14)13(17)19-12-9-16-7-10-18-11-8-16/h3-12H2,1-2H3. The molecule has 5 nitrogen and oxygen atoms in total. The van der Waals surface area contributed by atoms with Gasteiger partial charge >= 0.3 is 5.97 Å². The molecule has 0 saturated carbocycles. The van der Waals surface area contributed by atoms with E-state index in [4.69, 9.17) is 9.47 Å². The highest BCUT2D eigenvalue weighted by molar-refractivity contribution is 5.76. The van der Waals surface area contributed by atoms with Gasteiger partial charge in [0.1, 0.15) is 6.61 Å². The fraction of sp³-hybridized carbons (Fsp3) is 0.929. The van der Waals surface area contributed by atoms with Crippen LogP contribution in [0.25, 0.3) is 0 Å². The van der Waals surface area contributed by atoms with Crippen molar-refractivity contribution in [3.8, 4) is 0 Å². The average Bonchev–Trinajstić information content (AvgIpc) is 2.43. The van der Waals surface area contributed by atoms with Crippen LogP contribution in [0.2, 0.25) is 0 Å². The number of nitrogens with zero attached hydrogens (tertiary/aromatic N) is 2. The summed E-state index contributed by atoms with van der Waals surface area (Å²) in [5.41, 5.74) is -0.280. The Morgan fingerprint density at radius 3 is 2.47 bits per heavy atom. The molecule has 0 aliphatic carbocycles. The molecule has 2 fully saturated rings. The van der Waals surface area contributed by atoms with E-state index in [9.17, 15) is 4.79 Å². The minimum Gasteiger partial charge on any atom is -0.464 e. The average molecular weight is 270 g/mol. The van der Waals surface area contributed by atoms with Gasteiger partial charge in [-0.05, 0) is 39.9 Å². The number of carbonyl (C=O) groups excluding carboxylic acids is 1. The maximum absolute atomic E-state index is 12.2. The predicted molar refractivity (Wildman–Crippen MR) is 73.1 cm³/mol. The van der Waals surface area contributed by atoms with Crippen LogP contribution in [0.15, 0.2) is 0 Å². The van der Waals surface area contributed by atoms with Crippen molar-refractivity contribution in [2.24, 2.45) is 5.41 Å². The molecule has 2 aliphatic rings. The Labute approximate surface area is 115 Å². The summed E-state index contributed by atoms with van der Waals surface area (Å²) < 4.78 is 10.8. The molecular weight excluding hydrogens is 244 g/mol. The first-order valence-electron chi connectivity index (χ1n) is 7.26. The zero-order valence-electron chi connectivity index (χ0n) is 12.2. The molecule has 0 amide bonds. The Balaban J connectivity index is 1.68. The minimum atomic E-state index is -0.280. The van der Waals surface area contributed by atoms with Gasteiger partial charge in [0.15, 0.2) is 0 Å². The van der Waals surface area contributed by atoms with Gasteiger partial charge in [0.2, 0.25) is 0 Å². The van der Waals surface area contributed by atoms with Gasteiger partial charge in [-0.2, -0.15) is 0 Å². The van der Waals surface area contributed by atoms with Crippen molar-refractivity contribution in [3.63, 3.8) is 0 Å². The highest BCUT2D eigenvalue weighted by Crippen LogP contribution is 2.31. The van der Waals surface area contributed by atoms with Gasteiger partial charge in [0.05, 0.1) is 18.6 Å². The van der Waals surface area contributed by atoms with E-state index in [0.29, 0.717) is 6.61 Å². The van der Waals surface area contributed by atoms with E-state index in [2.05, 4.69) is 16.8 Å². The molecule has 0 aromatic heterocycles. The lowest BCUT2D eigenvalue weighted by atomic mass is 9.80. The Morgan fingerprint density at radius 2 is 1.84 bits per heavy atom. The quantitative estimate of drug-likeness (QED) is 0.700. The Morgan fingerprint density at radius 1 is 1.21 bits per heavy atom. The van der Waals surface area contributed by atoms with Crippen molar-refractivity contribution >= 4 is 5.97 Å². The Kier molecular flexibility index (Phi) is 5.19. The molecular formula is C14H26N2O3. The molecule has 0 spiro atoms. The summed E-state index contributed by atoms with van der Waals surface area (Å²) in [6, 6.07) is 0. The van der Waals surface area contributed by atoms with Crippen molar-refractivity contribution < 1.29 is 14.3 Å². The van der Waals surface area contributed by atoms with Gasteiger partial charge in [-0.1, -0.05) is 0 Å². The molecule has 110 valence electrons. The van der Waals surface area contributed by atoms with Crippen molar-refractivity contribution in [2.45, 2.75) is 19.8 Å². The van der Waals surface area contributed by atoms with Gasteiger partial charge < -0.3 is 14.4 Å². The van der Waals surface area contributed by atoms with Gasteiger partial charge in [-0.3, -0.25) is 9.69 Å². The fourth-order valence-corrected chi connectivity index (χ4v) is 2.58. The molecule has 0 bridgehead atoms. The highest BCUT2D eigenvalue weighted by atomic mass is 16.5. The van der Waals surface area contributed by atoms with Crippen LogP contribution in [0, 0.1) is 5.41 Å². The van der Waals surface area contributed by atoms with E-state index in [1.165, 1.54) is 0 Å². The summed E-state index contributed by atoms with van der Waals surface area (Å²) in [5, 5.41) is 0. The van der Waals surface area contributed by atoms with E-state index in [1.54, 1.807) is 0 Å². The van der Waals surface area contributed by atoms with E-state index >= 15 is 0 Å². The van der Waals surface area contributed by atoms with Crippen LogP contribution in [0.4, 0.5) is 0 Å². The number of morpholine rings is 1. The molecule has 0 atom stereocenters. The van der Waals surface area contributed by atoms with Crippen LogP contribution in [-0.4, -0.2) is 75.4 Å². The van der Waals surface area contributed by atoms with E-state index < -0.39 is 0 Å². The number of rotatable bonds is 4. The summed E-state index contributed by atoms with van der Waals surface area (Å²) in [6.45, 7) is 8.80. The molecule has 2 aliphatic heterocycles. The van der Waals surface area contributed by atoms with E-state index in [1.807, 2.05) is 6.92 Å². The number of likely N-dealkylation sites (tertiary alicyclic amines) is 1. The van der Waals surface area contributed by atoms with Crippen LogP contribution < -0.4 is 0 Å². The van der Waals surface area contributed by atoms with Crippen molar-refractivity contribution in [3.05, 3.63) is 0 Å². The number of ether oxygens (including phenoxy) is 2. The van der Waals surface area contributed by atoms with Crippen molar-refractivity contribution in [1.82, 2.24) is 9.80 Å². The predicted octanol–water partition coefficient (Wildman–Crippen LogP) is 0.594. The molecule has 2 rings (SSSR count). The molecule has 5 heteroatoms. The first-order chi connectivity index (χ1) is 9.10. The summed E-state index contributed by atoms with van der Waals surface area (Å²) >= 11 is 0. The second-order valence-electron chi connectivity index (χ2n) is 5.95. The third kappa shape index (κ3) is 4.16. The van der Waals surface area contributed by atoms with Crippen LogP contribution >= 0.6 is 0 Å². The minimum absolute atomic E-state index is 0.0196. The first-order valence-corrected chi connectivity index (χ1v) is 7.26. The highest BCUT2D eigenvalue weighted by Gasteiger charge is 2.37. The third-order valence-corrected chi connectivity index (χ3v) is 4.33. The second kappa shape index (κ2) is 6.68. The van der Waals surface area contributed by atoms with Gasteiger partial charge in [0.25, 0.3) is 0 Å². The maximum atomic E-state index is 12.2. The SMILES string of the molecule is CN1CCC(C)(C(=O)OCCN2CCOCC2)CC1. The number of hydrogen-bond acceptors (Lipinski definition) is 5. The van der Waals surface area contributed by atoms with Gasteiger partial charge in [-0.15, -0.1) is 0 Å². The maximum Gasteiger partial charge on any atom is 0.311 e. The van der Waals surface area contributed by atoms with E-state index in [0.717, 1.165) is 58.8 Å². The number of piperidine rings is 1. The van der Waals surface area contributed by atoms with Crippen molar-refractivity contribution in [2.75, 3.05) is 59.6 Å².